The lowest BCUT2D eigenvalue weighted by molar-refractivity contribution is 0.534. The Bertz CT molecular complexity index is 538. The molecule has 0 aliphatic rings. The Labute approximate surface area is 126 Å². The largest absolute Gasteiger partial charge is 0.304 e. The molecular weight excluding hydrogens is 328 g/mol. The third-order valence-electron chi connectivity index (χ3n) is 2.86. The number of nitrogens with zero attached hydrogens (tertiary/aromatic N) is 3. The number of nitrogens with one attached hydrogen (secondary N) is 1. The highest BCUT2D eigenvalue weighted by molar-refractivity contribution is 9.10. The molecule has 0 saturated carbocycles. The van der Waals surface area contributed by atoms with Gasteiger partial charge >= 0.3 is 0 Å². The minimum absolute atomic E-state index is 0.0481. The van der Waals surface area contributed by atoms with Crippen molar-refractivity contribution < 1.29 is 0 Å². The maximum atomic E-state index is 6.27. The van der Waals surface area contributed by atoms with Gasteiger partial charge in [0.25, 0.3) is 0 Å². The lowest BCUT2D eigenvalue weighted by atomic mass is 10.1. The van der Waals surface area contributed by atoms with E-state index in [2.05, 4.69) is 38.3 Å². The molecule has 0 aliphatic heterocycles. The highest BCUT2D eigenvalue weighted by atomic mass is 79.9. The van der Waals surface area contributed by atoms with Crippen LogP contribution in [0.25, 0.3) is 0 Å². The number of aryl methyl sites for hydroxylation is 1. The molecule has 0 aromatic carbocycles. The molecular formula is C13H16BrClN4. The van der Waals surface area contributed by atoms with Crippen LogP contribution in [-0.4, -0.2) is 21.3 Å². The molecule has 1 atom stereocenters. The van der Waals surface area contributed by atoms with Gasteiger partial charge in [-0.15, -0.1) is 0 Å². The maximum absolute atomic E-state index is 6.27. The summed E-state index contributed by atoms with van der Waals surface area (Å²) in [5.74, 6) is 0. The molecule has 6 heteroatoms. The number of hydrogen-bond donors (Lipinski definition) is 1. The summed E-state index contributed by atoms with van der Waals surface area (Å²) < 4.78 is 2.86. The number of pyridine rings is 1. The summed E-state index contributed by atoms with van der Waals surface area (Å²) in [4.78, 5) is 4.46. The second kappa shape index (κ2) is 6.50. The average Bonchev–Trinajstić information content (AvgIpc) is 2.78. The van der Waals surface area contributed by atoms with E-state index in [-0.39, 0.29) is 6.04 Å². The zero-order valence-electron chi connectivity index (χ0n) is 10.9. The average molecular weight is 344 g/mol. The van der Waals surface area contributed by atoms with Gasteiger partial charge in [0.05, 0.1) is 28.6 Å². The van der Waals surface area contributed by atoms with E-state index in [9.17, 15) is 0 Å². The van der Waals surface area contributed by atoms with Crippen molar-refractivity contribution in [1.29, 1.82) is 0 Å². The summed E-state index contributed by atoms with van der Waals surface area (Å²) in [7, 11) is 0. The van der Waals surface area contributed by atoms with Crippen molar-refractivity contribution in [1.82, 2.24) is 20.1 Å². The lowest BCUT2D eigenvalue weighted by Crippen LogP contribution is -2.26. The van der Waals surface area contributed by atoms with E-state index in [1.54, 1.807) is 12.4 Å². The van der Waals surface area contributed by atoms with E-state index < -0.39 is 0 Å². The molecule has 0 bridgehead atoms. The third kappa shape index (κ3) is 3.16. The Morgan fingerprint density at radius 2 is 2.16 bits per heavy atom. The Kier molecular flexibility index (Phi) is 4.96. The highest BCUT2D eigenvalue weighted by Crippen LogP contribution is 2.27. The fourth-order valence-electron chi connectivity index (χ4n) is 2.01. The van der Waals surface area contributed by atoms with Crippen LogP contribution in [0.2, 0.25) is 5.02 Å². The molecule has 0 saturated heterocycles. The molecule has 4 nitrogen and oxygen atoms in total. The van der Waals surface area contributed by atoms with Crippen molar-refractivity contribution in [2.75, 3.05) is 6.54 Å². The van der Waals surface area contributed by atoms with Gasteiger partial charge in [-0.05, 0) is 41.5 Å². The van der Waals surface area contributed by atoms with E-state index in [0.717, 1.165) is 29.0 Å². The molecule has 1 unspecified atom stereocenters. The summed E-state index contributed by atoms with van der Waals surface area (Å²) in [5.41, 5.74) is 1.89. The molecule has 19 heavy (non-hydrogen) atoms. The van der Waals surface area contributed by atoms with Crippen LogP contribution < -0.4 is 5.32 Å². The standard InChI is InChI=1S/C13H16BrClN4/c1-3-16-12(11-6-5-9(14)7-17-11)13-10(15)8-18-19(13)4-2/h5-8,12,16H,3-4H2,1-2H3. The molecule has 102 valence electrons. The fraction of sp³-hybridized carbons (Fsp3) is 0.385. The Hall–Kier alpha value is -0.910. The van der Waals surface area contributed by atoms with Gasteiger partial charge < -0.3 is 5.32 Å². The van der Waals surface area contributed by atoms with Crippen molar-refractivity contribution in [3.8, 4) is 0 Å². The van der Waals surface area contributed by atoms with Crippen LogP contribution in [0.1, 0.15) is 31.3 Å². The maximum Gasteiger partial charge on any atom is 0.0937 e. The van der Waals surface area contributed by atoms with Crippen LogP contribution >= 0.6 is 27.5 Å². The predicted octanol–water partition coefficient (Wildman–Crippen LogP) is 3.41. The number of aromatic nitrogens is 3. The zero-order chi connectivity index (χ0) is 13.8. The molecule has 0 aliphatic carbocycles. The van der Waals surface area contributed by atoms with Gasteiger partial charge in [0.2, 0.25) is 0 Å². The van der Waals surface area contributed by atoms with Gasteiger partial charge in [0.1, 0.15) is 0 Å². The van der Waals surface area contributed by atoms with Gasteiger partial charge in [0, 0.05) is 17.2 Å². The Morgan fingerprint density at radius 3 is 2.74 bits per heavy atom. The lowest BCUT2D eigenvalue weighted by Gasteiger charge is -2.19. The zero-order valence-corrected chi connectivity index (χ0v) is 13.2. The first kappa shape index (κ1) is 14.5. The predicted molar refractivity (Wildman–Crippen MR) is 80.4 cm³/mol. The first-order chi connectivity index (χ1) is 9.17. The van der Waals surface area contributed by atoms with Crippen LogP contribution in [0, 0.1) is 0 Å². The molecule has 2 aromatic heterocycles. The topological polar surface area (TPSA) is 42.7 Å². The molecule has 0 spiro atoms. The van der Waals surface area contributed by atoms with Crippen molar-refractivity contribution in [3.63, 3.8) is 0 Å². The van der Waals surface area contributed by atoms with Crippen LogP contribution in [-0.2, 0) is 6.54 Å². The van der Waals surface area contributed by atoms with E-state index in [1.807, 2.05) is 23.7 Å². The summed E-state index contributed by atoms with van der Waals surface area (Å²) in [6.07, 6.45) is 3.48. The van der Waals surface area contributed by atoms with E-state index in [1.165, 1.54) is 0 Å². The van der Waals surface area contributed by atoms with Gasteiger partial charge in [-0.1, -0.05) is 18.5 Å². The molecule has 0 radical (unpaired) electrons. The number of rotatable bonds is 5. The van der Waals surface area contributed by atoms with Gasteiger partial charge in [0.15, 0.2) is 0 Å². The second-order valence-corrected chi connectivity index (χ2v) is 5.41. The molecule has 1 N–H and O–H groups in total. The van der Waals surface area contributed by atoms with E-state index >= 15 is 0 Å². The first-order valence-corrected chi connectivity index (χ1v) is 7.40. The normalized spacial score (nSPS) is 12.6. The quantitative estimate of drug-likeness (QED) is 0.904. The van der Waals surface area contributed by atoms with Crippen molar-refractivity contribution >= 4 is 27.5 Å². The third-order valence-corrected chi connectivity index (χ3v) is 3.62. The summed E-state index contributed by atoms with van der Waals surface area (Å²) in [6, 6.07) is 3.92. The second-order valence-electron chi connectivity index (χ2n) is 4.09. The minimum atomic E-state index is -0.0481. The van der Waals surface area contributed by atoms with Gasteiger partial charge in [-0.2, -0.15) is 5.10 Å². The van der Waals surface area contributed by atoms with Crippen molar-refractivity contribution in [2.24, 2.45) is 0 Å². The number of halogens is 2. The van der Waals surface area contributed by atoms with Crippen molar-refractivity contribution in [3.05, 3.63) is 45.4 Å². The van der Waals surface area contributed by atoms with Crippen LogP contribution in [0.4, 0.5) is 0 Å². The van der Waals surface area contributed by atoms with E-state index in [4.69, 9.17) is 11.6 Å². The molecule has 2 aromatic rings. The summed E-state index contributed by atoms with van der Waals surface area (Å²) in [6.45, 7) is 5.71. The van der Waals surface area contributed by atoms with Crippen LogP contribution in [0.5, 0.6) is 0 Å². The van der Waals surface area contributed by atoms with Crippen LogP contribution in [0.15, 0.2) is 29.0 Å². The monoisotopic (exact) mass is 342 g/mol. The molecule has 0 amide bonds. The fourth-order valence-corrected chi connectivity index (χ4v) is 2.50. The van der Waals surface area contributed by atoms with E-state index in [0.29, 0.717) is 5.02 Å². The molecule has 0 fully saturated rings. The highest BCUT2D eigenvalue weighted by Gasteiger charge is 2.22. The smallest absolute Gasteiger partial charge is 0.0937 e. The van der Waals surface area contributed by atoms with Crippen molar-refractivity contribution in [2.45, 2.75) is 26.4 Å². The minimum Gasteiger partial charge on any atom is -0.304 e. The molecule has 2 heterocycles. The summed E-state index contributed by atoms with van der Waals surface area (Å²) in [5, 5.41) is 8.37. The summed E-state index contributed by atoms with van der Waals surface area (Å²) >= 11 is 9.67. The Morgan fingerprint density at radius 1 is 1.37 bits per heavy atom. The Balaban J connectivity index is 2.44. The van der Waals surface area contributed by atoms with Gasteiger partial charge in [-0.25, -0.2) is 0 Å². The SMILES string of the molecule is CCNC(c1ccc(Br)cn1)c1c(Cl)cnn1CC. The van der Waals surface area contributed by atoms with Crippen LogP contribution in [0.3, 0.4) is 0 Å². The first-order valence-electron chi connectivity index (χ1n) is 6.23. The molecule has 2 rings (SSSR count). The number of hydrogen-bond acceptors (Lipinski definition) is 3. The van der Waals surface area contributed by atoms with Gasteiger partial charge in [-0.3, -0.25) is 9.67 Å².